The van der Waals surface area contributed by atoms with Crippen LogP contribution < -0.4 is 5.32 Å². The van der Waals surface area contributed by atoms with Gasteiger partial charge in [-0.2, -0.15) is 0 Å². The third kappa shape index (κ3) is 3.09. The molecule has 0 saturated heterocycles. The molecule has 0 spiro atoms. The van der Waals surface area contributed by atoms with Crippen molar-refractivity contribution in [3.63, 3.8) is 0 Å². The third-order valence-electron chi connectivity index (χ3n) is 2.08. The van der Waals surface area contributed by atoms with E-state index in [1.54, 1.807) is 0 Å². The Balaban J connectivity index is 2.76. The predicted molar refractivity (Wildman–Crippen MR) is 62.9 cm³/mol. The average molecular weight is 187 g/mol. The summed E-state index contributed by atoms with van der Waals surface area (Å²) in [6, 6.07) is 0. The van der Waals surface area contributed by atoms with Gasteiger partial charge in [-0.25, -0.2) is 0 Å². The quantitative estimate of drug-likeness (QED) is 0.667. The topological polar surface area (TPSA) is 12.0 Å². The van der Waals surface area contributed by atoms with Gasteiger partial charge in [0.1, 0.15) is 0 Å². The molecule has 0 aromatic rings. The van der Waals surface area contributed by atoms with Crippen LogP contribution in [-0.4, -0.2) is 6.54 Å². The fraction of sp³-hybridized carbons (Fsp3) is 0.231. The van der Waals surface area contributed by atoms with Crippen molar-refractivity contribution in [2.75, 3.05) is 6.54 Å². The molecule has 0 fully saturated rings. The first-order valence-electron chi connectivity index (χ1n) is 4.89. The van der Waals surface area contributed by atoms with Crippen LogP contribution in [-0.2, 0) is 0 Å². The van der Waals surface area contributed by atoms with Crippen LogP contribution in [0.15, 0.2) is 60.9 Å². The Bertz CT molecular complexity index is 292. The molecule has 14 heavy (non-hydrogen) atoms. The SMILES string of the molecule is C=CCC=C1CNC=C/C1=C\CC=C. The van der Waals surface area contributed by atoms with Gasteiger partial charge in [-0.05, 0) is 36.3 Å². The zero-order chi connectivity index (χ0) is 10.2. The van der Waals surface area contributed by atoms with E-state index in [0.29, 0.717) is 0 Å². The minimum absolute atomic E-state index is 0.910. The molecule has 0 radical (unpaired) electrons. The van der Waals surface area contributed by atoms with Gasteiger partial charge >= 0.3 is 0 Å². The lowest BCUT2D eigenvalue weighted by Gasteiger charge is -2.14. The van der Waals surface area contributed by atoms with E-state index in [2.05, 4.69) is 36.7 Å². The first kappa shape index (κ1) is 10.6. The summed E-state index contributed by atoms with van der Waals surface area (Å²) < 4.78 is 0. The van der Waals surface area contributed by atoms with Gasteiger partial charge in [-0.1, -0.05) is 24.3 Å². The summed E-state index contributed by atoms with van der Waals surface area (Å²) in [5, 5.41) is 3.20. The summed E-state index contributed by atoms with van der Waals surface area (Å²) in [7, 11) is 0. The van der Waals surface area contributed by atoms with Gasteiger partial charge in [0.05, 0.1) is 0 Å². The Hall–Kier alpha value is -1.50. The molecule has 1 heteroatoms. The molecule has 0 aliphatic carbocycles. The van der Waals surface area contributed by atoms with Gasteiger partial charge in [-0.3, -0.25) is 0 Å². The normalized spacial score (nSPS) is 20.9. The molecule has 1 aliphatic rings. The van der Waals surface area contributed by atoms with Crippen molar-refractivity contribution in [3.8, 4) is 0 Å². The smallest absolute Gasteiger partial charge is 0.0398 e. The second kappa shape index (κ2) is 6.03. The van der Waals surface area contributed by atoms with Crippen LogP contribution in [0, 0.1) is 0 Å². The second-order valence-corrected chi connectivity index (χ2v) is 3.15. The molecule has 0 saturated carbocycles. The van der Waals surface area contributed by atoms with Crippen LogP contribution in [0.2, 0.25) is 0 Å². The number of allylic oxidation sites excluding steroid dienone is 5. The molecule has 1 rings (SSSR count). The Kier molecular flexibility index (Phi) is 4.56. The van der Waals surface area contributed by atoms with E-state index < -0.39 is 0 Å². The molecule has 1 nitrogen and oxygen atoms in total. The Labute approximate surface area is 86.2 Å². The molecule has 0 aromatic carbocycles. The van der Waals surface area contributed by atoms with Gasteiger partial charge in [0, 0.05) is 6.54 Å². The molecular weight excluding hydrogens is 170 g/mol. The summed E-state index contributed by atoms with van der Waals surface area (Å²) >= 11 is 0. The number of nitrogens with one attached hydrogen (secondary N) is 1. The first-order chi connectivity index (χ1) is 6.88. The van der Waals surface area contributed by atoms with Crippen LogP contribution in [0.4, 0.5) is 0 Å². The van der Waals surface area contributed by atoms with Crippen LogP contribution in [0.25, 0.3) is 0 Å². The number of hydrogen-bond acceptors (Lipinski definition) is 1. The number of rotatable bonds is 4. The standard InChI is InChI=1S/C13H17N/c1-3-5-7-12-9-10-14-11-13(12)8-6-4-2/h3-4,7-10,14H,1-2,5-6,11H2/b12-7+,13-8?. The summed E-state index contributed by atoms with van der Waals surface area (Å²) in [6.45, 7) is 8.34. The number of hydrogen-bond donors (Lipinski definition) is 1. The molecule has 0 atom stereocenters. The fourth-order valence-corrected chi connectivity index (χ4v) is 1.35. The maximum Gasteiger partial charge on any atom is 0.0398 e. The van der Waals surface area contributed by atoms with E-state index in [0.717, 1.165) is 19.4 Å². The largest absolute Gasteiger partial charge is 0.387 e. The molecule has 0 unspecified atom stereocenters. The third-order valence-corrected chi connectivity index (χ3v) is 2.08. The zero-order valence-electron chi connectivity index (χ0n) is 8.50. The Morgan fingerprint density at radius 3 is 2.64 bits per heavy atom. The highest BCUT2D eigenvalue weighted by Crippen LogP contribution is 2.16. The van der Waals surface area contributed by atoms with Gasteiger partial charge in [0.2, 0.25) is 0 Å². The summed E-state index contributed by atoms with van der Waals surface area (Å²) in [6.07, 6.45) is 14.2. The van der Waals surface area contributed by atoms with E-state index >= 15 is 0 Å². The summed E-state index contributed by atoms with van der Waals surface area (Å²) in [4.78, 5) is 0. The van der Waals surface area contributed by atoms with E-state index in [1.807, 2.05) is 18.4 Å². The fourth-order valence-electron chi connectivity index (χ4n) is 1.35. The summed E-state index contributed by atoms with van der Waals surface area (Å²) in [5.74, 6) is 0. The van der Waals surface area contributed by atoms with Crippen molar-refractivity contribution in [2.24, 2.45) is 0 Å². The minimum atomic E-state index is 0.910. The molecule has 1 N–H and O–H groups in total. The van der Waals surface area contributed by atoms with Crippen LogP contribution in [0.5, 0.6) is 0 Å². The highest BCUT2D eigenvalue weighted by molar-refractivity contribution is 5.43. The Morgan fingerprint density at radius 1 is 1.21 bits per heavy atom. The molecule has 0 aromatic heterocycles. The maximum absolute atomic E-state index is 3.71. The highest BCUT2D eigenvalue weighted by Gasteiger charge is 2.03. The summed E-state index contributed by atoms with van der Waals surface area (Å²) in [5.41, 5.74) is 2.64. The highest BCUT2D eigenvalue weighted by atomic mass is 14.8. The van der Waals surface area contributed by atoms with E-state index in [9.17, 15) is 0 Å². The predicted octanol–water partition coefficient (Wildman–Crippen LogP) is 3.11. The molecular formula is C13H17N. The molecule has 74 valence electrons. The Morgan fingerprint density at radius 2 is 1.93 bits per heavy atom. The molecule has 0 bridgehead atoms. The molecule has 1 aliphatic heterocycles. The van der Waals surface area contributed by atoms with E-state index in [4.69, 9.17) is 0 Å². The first-order valence-corrected chi connectivity index (χ1v) is 4.89. The van der Waals surface area contributed by atoms with Crippen molar-refractivity contribution in [1.82, 2.24) is 5.32 Å². The lowest BCUT2D eigenvalue weighted by Crippen LogP contribution is -2.15. The average Bonchev–Trinajstić information content (AvgIpc) is 2.24. The lowest BCUT2D eigenvalue weighted by atomic mass is 10.0. The van der Waals surface area contributed by atoms with Crippen LogP contribution in [0.3, 0.4) is 0 Å². The van der Waals surface area contributed by atoms with E-state index in [1.165, 1.54) is 11.1 Å². The lowest BCUT2D eigenvalue weighted by molar-refractivity contribution is 0.915. The van der Waals surface area contributed by atoms with E-state index in [-0.39, 0.29) is 0 Å². The molecule has 1 heterocycles. The van der Waals surface area contributed by atoms with Crippen LogP contribution in [0.1, 0.15) is 12.8 Å². The van der Waals surface area contributed by atoms with Crippen molar-refractivity contribution < 1.29 is 0 Å². The zero-order valence-corrected chi connectivity index (χ0v) is 8.50. The van der Waals surface area contributed by atoms with Crippen molar-refractivity contribution in [1.29, 1.82) is 0 Å². The van der Waals surface area contributed by atoms with Crippen LogP contribution >= 0.6 is 0 Å². The minimum Gasteiger partial charge on any atom is -0.387 e. The second-order valence-electron chi connectivity index (χ2n) is 3.15. The monoisotopic (exact) mass is 187 g/mol. The van der Waals surface area contributed by atoms with Crippen molar-refractivity contribution in [3.05, 3.63) is 60.9 Å². The van der Waals surface area contributed by atoms with Gasteiger partial charge in [0.15, 0.2) is 0 Å². The maximum atomic E-state index is 3.71. The van der Waals surface area contributed by atoms with Crippen molar-refractivity contribution in [2.45, 2.75) is 12.8 Å². The van der Waals surface area contributed by atoms with Gasteiger partial charge in [0.25, 0.3) is 0 Å². The molecule has 0 amide bonds. The van der Waals surface area contributed by atoms with Gasteiger partial charge in [-0.15, -0.1) is 13.2 Å². The van der Waals surface area contributed by atoms with Gasteiger partial charge < -0.3 is 5.32 Å². The van der Waals surface area contributed by atoms with Crippen molar-refractivity contribution >= 4 is 0 Å².